The van der Waals surface area contributed by atoms with Crippen molar-refractivity contribution in [3.05, 3.63) is 0 Å². The van der Waals surface area contributed by atoms with Crippen LogP contribution in [0, 0.1) is 0 Å². The van der Waals surface area contributed by atoms with Crippen LogP contribution in [0.3, 0.4) is 0 Å². The minimum atomic E-state index is -4.62. The molecule has 0 unspecified atom stereocenters. The van der Waals surface area contributed by atoms with E-state index < -0.39 is 57.1 Å². The van der Waals surface area contributed by atoms with E-state index in [1.807, 2.05) is 0 Å². The van der Waals surface area contributed by atoms with Crippen LogP contribution in [0.15, 0.2) is 0 Å². The highest BCUT2D eigenvalue weighted by molar-refractivity contribution is 8.02. The summed E-state index contributed by atoms with van der Waals surface area (Å²) in [7, 11) is -17.8. The molecule has 16 heteroatoms. The Bertz CT molecular complexity index is 612. The molecule has 0 bridgehead atoms. The lowest BCUT2D eigenvalue weighted by molar-refractivity contribution is 0.471. The fraction of sp³-hybridized carbons (Fsp3) is 1.00. The van der Waals surface area contributed by atoms with Crippen LogP contribution in [0.5, 0.6) is 0 Å². The standard InChI is InChI=1S/C2H6O6S2.CH4O6S2/c3-9(4,5)1-2-10(6,7)8;2-8(3,4)1-9(5,6)7/h1-2H2,(H,3,4,5)(H,6,7,8);1H2,(H,2,3,4)(H,5,6,7). The first-order valence-corrected chi connectivity index (χ1v) is 10.2. The SMILES string of the molecule is O=S(=O)(O)CCS(=O)(=O)O.O=S(=O)(O)CS(=O)(=O)O. The molecule has 0 aromatic heterocycles. The van der Waals surface area contributed by atoms with Gasteiger partial charge in [-0.2, -0.15) is 33.7 Å². The molecule has 118 valence electrons. The summed E-state index contributed by atoms with van der Waals surface area (Å²) < 4.78 is 110. The Hall–Kier alpha value is -0.360. The van der Waals surface area contributed by atoms with Gasteiger partial charge < -0.3 is 0 Å². The van der Waals surface area contributed by atoms with E-state index in [0.717, 1.165) is 0 Å². The van der Waals surface area contributed by atoms with Crippen LogP contribution in [-0.2, 0) is 40.5 Å². The Kier molecular flexibility index (Phi) is 7.59. The average molecular weight is 366 g/mol. The van der Waals surface area contributed by atoms with Crippen LogP contribution in [0.2, 0.25) is 0 Å². The monoisotopic (exact) mass is 366 g/mol. The predicted octanol–water partition coefficient (Wildman–Crippen LogP) is -2.52. The molecular weight excluding hydrogens is 356 g/mol. The van der Waals surface area contributed by atoms with Crippen molar-refractivity contribution in [2.24, 2.45) is 0 Å². The number of hydrogen-bond donors (Lipinski definition) is 4. The molecule has 4 N–H and O–H groups in total. The summed E-state index contributed by atoms with van der Waals surface area (Å²) >= 11 is 0. The second-order valence-corrected chi connectivity index (χ2v) is 9.27. The third-order valence-corrected chi connectivity index (χ3v) is 4.98. The molecule has 0 aliphatic heterocycles. The summed E-state index contributed by atoms with van der Waals surface area (Å²) in [5, 5.41) is -1.65. The van der Waals surface area contributed by atoms with E-state index in [1.165, 1.54) is 0 Å². The maximum absolute atomic E-state index is 9.86. The Balaban J connectivity index is 0. The average Bonchev–Trinajstić information content (AvgIpc) is 1.91. The van der Waals surface area contributed by atoms with Gasteiger partial charge in [-0.05, 0) is 0 Å². The molecule has 0 radical (unpaired) electrons. The molecule has 0 saturated carbocycles. The molecule has 0 amide bonds. The van der Waals surface area contributed by atoms with Crippen LogP contribution >= 0.6 is 0 Å². The van der Waals surface area contributed by atoms with Crippen LogP contribution in [0.4, 0.5) is 0 Å². The zero-order valence-electron chi connectivity index (χ0n) is 8.81. The zero-order chi connectivity index (χ0) is 16.1. The Morgan fingerprint density at radius 1 is 0.474 bits per heavy atom. The molecule has 0 aliphatic rings. The Labute approximate surface area is 109 Å². The molecule has 0 aromatic rings. The van der Waals surface area contributed by atoms with Crippen LogP contribution in [0.25, 0.3) is 0 Å². The van der Waals surface area contributed by atoms with Gasteiger partial charge in [-0.3, -0.25) is 18.2 Å². The lowest BCUT2D eigenvalue weighted by Crippen LogP contribution is -2.15. The van der Waals surface area contributed by atoms with Gasteiger partial charge in [0.25, 0.3) is 40.5 Å². The summed E-state index contributed by atoms with van der Waals surface area (Å²) in [5.74, 6) is -1.96. The molecule has 0 aliphatic carbocycles. The van der Waals surface area contributed by atoms with Crippen molar-refractivity contribution in [1.29, 1.82) is 0 Å². The summed E-state index contributed by atoms with van der Waals surface area (Å²) in [6, 6.07) is 0. The van der Waals surface area contributed by atoms with E-state index in [9.17, 15) is 33.7 Å². The second-order valence-electron chi connectivity index (χ2n) is 2.85. The quantitative estimate of drug-likeness (QED) is 0.370. The lowest BCUT2D eigenvalue weighted by atomic mass is 11.0. The highest BCUT2D eigenvalue weighted by Gasteiger charge is 2.15. The van der Waals surface area contributed by atoms with Crippen LogP contribution in [-0.4, -0.2) is 68.5 Å². The third kappa shape index (κ3) is 27.0. The smallest absolute Gasteiger partial charge is 0.281 e. The predicted molar refractivity (Wildman–Crippen MR) is 60.8 cm³/mol. The zero-order valence-corrected chi connectivity index (χ0v) is 12.1. The van der Waals surface area contributed by atoms with Crippen LogP contribution < -0.4 is 0 Å². The van der Waals surface area contributed by atoms with Gasteiger partial charge in [0, 0.05) is 0 Å². The van der Waals surface area contributed by atoms with Crippen molar-refractivity contribution in [3.8, 4) is 0 Å². The van der Waals surface area contributed by atoms with E-state index in [0.29, 0.717) is 0 Å². The van der Waals surface area contributed by atoms with Gasteiger partial charge in [0.05, 0.1) is 11.5 Å². The molecule has 12 nitrogen and oxygen atoms in total. The lowest BCUT2D eigenvalue weighted by Gasteiger charge is -1.92. The van der Waals surface area contributed by atoms with E-state index in [1.54, 1.807) is 0 Å². The topological polar surface area (TPSA) is 217 Å². The summed E-state index contributed by atoms with van der Waals surface area (Å²) in [4.78, 5) is 0. The van der Waals surface area contributed by atoms with Crippen molar-refractivity contribution >= 4 is 40.5 Å². The molecule has 0 fully saturated rings. The Morgan fingerprint density at radius 3 is 0.737 bits per heavy atom. The third-order valence-electron chi connectivity index (χ3n) is 0.897. The Morgan fingerprint density at radius 2 is 0.684 bits per heavy atom. The van der Waals surface area contributed by atoms with E-state index in [4.69, 9.17) is 18.2 Å². The summed E-state index contributed by atoms with van der Waals surface area (Å²) in [6.07, 6.45) is 0. The van der Waals surface area contributed by atoms with Gasteiger partial charge in [0.2, 0.25) is 5.08 Å². The first-order chi connectivity index (χ1) is 7.91. The normalized spacial score (nSPS) is 13.5. The summed E-state index contributed by atoms with van der Waals surface area (Å²) in [6.45, 7) is 0. The van der Waals surface area contributed by atoms with Gasteiger partial charge in [0.15, 0.2) is 0 Å². The highest BCUT2D eigenvalue weighted by Crippen LogP contribution is 1.88. The molecule has 0 heterocycles. The first kappa shape index (κ1) is 20.9. The maximum Gasteiger partial charge on any atom is 0.281 e. The second kappa shape index (κ2) is 6.88. The minimum Gasteiger partial charge on any atom is -0.286 e. The maximum atomic E-state index is 9.86. The van der Waals surface area contributed by atoms with Gasteiger partial charge in [-0.1, -0.05) is 0 Å². The van der Waals surface area contributed by atoms with Crippen molar-refractivity contribution in [2.75, 3.05) is 16.6 Å². The number of rotatable bonds is 5. The van der Waals surface area contributed by atoms with Gasteiger partial charge in [0.1, 0.15) is 0 Å². The largest absolute Gasteiger partial charge is 0.286 e. The van der Waals surface area contributed by atoms with E-state index in [-0.39, 0.29) is 0 Å². The molecule has 0 atom stereocenters. The fourth-order valence-electron chi connectivity index (χ4n) is 0.399. The van der Waals surface area contributed by atoms with Crippen molar-refractivity contribution < 1.29 is 51.9 Å². The van der Waals surface area contributed by atoms with Crippen molar-refractivity contribution in [1.82, 2.24) is 0 Å². The summed E-state index contributed by atoms with van der Waals surface area (Å²) in [5.41, 5.74) is 0. The van der Waals surface area contributed by atoms with Crippen molar-refractivity contribution in [3.63, 3.8) is 0 Å². The van der Waals surface area contributed by atoms with E-state index in [2.05, 4.69) is 0 Å². The fourth-order valence-corrected chi connectivity index (χ4v) is 3.59. The van der Waals surface area contributed by atoms with Crippen LogP contribution in [0.1, 0.15) is 0 Å². The van der Waals surface area contributed by atoms with E-state index >= 15 is 0 Å². The molecule has 0 rings (SSSR count). The van der Waals surface area contributed by atoms with Gasteiger partial charge in [-0.15, -0.1) is 0 Å². The molecule has 0 aromatic carbocycles. The van der Waals surface area contributed by atoms with Gasteiger partial charge in [-0.25, -0.2) is 0 Å². The molecule has 0 spiro atoms. The number of hydrogen-bond acceptors (Lipinski definition) is 8. The van der Waals surface area contributed by atoms with Crippen molar-refractivity contribution in [2.45, 2.75) is 0 Å². The minimum absolute atomic E-state index is 0.980. The highest BCUT2D eigenvalue weighted by atomic mass is 32.3. The first-order valence-electron chi connectivity index (χ1n) is 3.72. The molecule has 0 saturated heterocycles. The van der Waals surface area contributed by atoms with Gasteiger partial charge >= 0.3 is 0 Å². The molecular formula is C3H10O12S4. The molecule has 19 heavy (non-hydrogen) atoms.